The first-order valence-electron chi connectivity index (χ1n) is 6.82. The average molecular weight is 230 g/mol. The third kappa shape index (κ3) is 3.69. The molecule has 0 heterocycles. The van der Waals surface area contributed by atoms with Crippen molar-refractivity contribution in [1.29, 1.82) is 0 Å². The van der Waals surface area contributed by atoms with E-state index in [1.54, 1.807) is 0 Å². The van der Waals surface area contributed by atoms with Crippen molar-refractivity contribution in [2.24, 2.45) is 11.8 Å². The van der Waals surface area contributed by atoms with Crippen molar-refractivity contribution in [2.45, 2.75) is 45.4 Å². The van der Waals surface area contributed by atoms with Crippen LogP contribution in [0.4, 0.5) is 0 Å². The summed E-state index contributed by atoms with van der Waals surface area (Å²) in [6.07, 6.45) is 6.35. The Morgan fingerprint density at radius 2 is 1.76 bits per heavy atom. The molecule has 1 saturated carbocycles. The van der Waals surface area contributed by atoms with Crippen molar-refractivity contribution in [3.05, 3.63) is 35.9 Å². The predicted molar refractivity (Wildman–Crippen MR) is 70.9 cm³/mol. The Morgan fingerprint density at radius 3 is 2.41 bits per heavy atom. The minimum atomic E-state index is 0.356. The fourth-order valence-electron chi connectivity index (χ4n) is 2.70. The Kier molecular flexibility index (Phi) is 4.36. The molecule has 1 aliphatic rings. The lowest BCUT2D eigenvalue weighted by atomic mass is 9.80. The number of carbonyl (C=O) groups is 1. The van der Waals surface area contributed by atoms with Crippen molar-refractivity contribution in [3.8, 4) is 0 Å². The number of ketones is 1. The maximum atomic E-state index is 12.1. The minimum Gasteiger partial charge on any atom is -0.299 e. The summed E-state index contributed by atoms with van der Waals surface area (Å²) < 4.78 is 0. The van der Waals surface area contributed by atoms with Crippen LogP contribution in [0, 0.1) is 11.8 Å². The highest BCUT2D eigenvalue weighted by Gasteiger charge is 2.23. The fraction of sp³-hybridized carbons (Fsp3) is 0.562. The number of aryl methyl sites for hydroxylation is 1. The molecule has 0 unspecified atom stereocenters. The van der Waals surface area contributed by atoms with E-state index in [9.17, 15) is 4.79 Å². The summed E-state index contributed by atoms with van der Waals surface area (Å²) in [6.45, 7) is 2.30. The largest absolute Gasteiger partial charge is 0.299 e. The van der Waals surface area contributed by atoms with Gasteiger partial charge in [-0.25, -0.2) is 0 Å². The van der Waals surface area contributed by atoms with E-state index < -0.39 is 0 Å². The first-order valence-corrected chi connectivity index (χ1v) is 6.82. The maximum absolute atomic E-state index is 12.1. The van der Waals surface area contributed by atoms with Crippen molar-refractivity contribution >= 4 is 5.78 Å². The molecule has 0 aromatic heterocycles. The van der Waals surface area contributed by atoms with Crippen molar-refractivity contribution < 1.29 is 4.79 Å². The van der Waals surface area contributed by atoms with Crippen LogP contribution < -0.4 is 0 Å². The Balaban J connectivity index is 1.78. The molecule has 0 saturated heterocycles. The highest BCUT2D eigenvalue weighted by molar-refractivity contribution is 5.81. The summed E-state index contributed by atoms with van der Waals surface area (Å²) in [5.74, 6) is 1.67. The van der Waals surface area contributed by atoms with E-state index >= 15 is 0 Å². The number of benzene rings is 1. The van der Waals surface area contributed by atoms with Gasteiger partial charge in [-0.15, -0.1) is 0 Å². The molecule has 1 nitrogen and oxygen atoms in total. The summed E-state index contributed by atoms with van der Waals surface area (Å²) in [7, 11) is 0. The van der Waals surface area contributed by atoms with Gasteiger partial charge in [0.05, 0.1) is 0 Å². The topological polar surface area (TPSA) is 17.1 Å². The van der Waals surface area contributed by atoms with Crippen LogP contribution in [0.5, 0.6) is 0 Å². The zero-order chi connectivity index (χ0) is 12.1. The van der Waals surface area contributed by atoms with E-state index in [4.69, 9.17) is 0 Å². The normalized spacial score (nSPS) is 24.5. The van der Waals surface area contributed by atoms with Gasteiger partial charge in [0.2, 0.25) is 0 Å². The lowest BCUT2D eigenvalue weighted by molar-refractivity contribution is -0.124. The molecule has 0 aliphatic heterocycles. The standard InChI is InChI=1S/C16H22O/c1-13-7-10-15(11-8-13)16(17)12-9-14-5-3-2-4-6-14/h2-6,13,15H,7-12H2,1H3. The molecule has 0 amide bonds. The Morgan fingerprint density at radius 1 is 1.12 bits per heavy atom. The molecule has 0 N–H and O–H groups in total. The van der Waals surface area contributed by atoms with Gasteiger partial charge in [-0.2, -0.15) is 0 Å². The second-order valence-corrected chi connectivity index (χ2v) is 5.41. The Labute approximate surface area is 104 Å². The van der Waals surface area contributed by atoms with Crippen LogP contribution in [0.15, 0.2) is 30.3 Å². The van der Waals surface area contributed by atoms with Crippen LogP contribution in [-0.4, -0.2) is 5.78 Å². The molecular formula is C16H22O. The molecule has 1 aliphatic carbocycles. The van der Waals surface area contributed by atoms with E-state index in [0.29, 0.717) is 11.7 Å². The zero-order valence-electron chi connectivity index (χ0n) is 10.7. The summed E-state index contributed by atoms with van der Waals surface area (Å²) in [4.78, 5) is 12.1. The summed E-state index contributed by atoms with van der Waals surface area (Å²) >= 11 is 0. The number of rotatable bonds is 4. The van der Waals surface area contributed by atoms with E-state index in [2.05, 4.69) is 19.1 Å². The SMILES string of the molecule is CC1CCC(C(=O)CCc2ccccc2)CC1. The van der Waals surface area contributed by atoms with Crippen LogP contribution in [0.1, 0.15) is 44.6 Å². The second kappa shape index (κ2) is 6.00. The van der Waals surface area contributed by atoms with Crippen LogP contribution in [0.3, 0.4) is 0 Å². The monoisotopic (exact) mass is 230 g/mol. The van der Waals surface area contributed by atoms with Gasteiger partial charge < -0.3 is 0 Å². The van der Waals surface area contributed by atoms with Crippen LogP contribution in [-0.2, 0) is 11.2 Å². The molecule has 0 bridgehead atoms. The second-order valence-electron chi connectivity index (χ2n) is 5.41. The summed E-state index contributed by atoms with van der Waals surface area (Å²) in [5, 5.41) is 0. The highest BCUT2D eigenvalue weighted by Crippen LogP contribution is 2.29. The fourth-order valence-corrected chi connectivity index (χ4v) is 2.70. The van der Waals surface area contributed by atoms with Gasteiger partial charge in [0.25, 0.3) is 0 Å². The highest BCUT2D eigenvalue weighted by atomic mass is 16.1. The molecule has 1 aromatic carbocycles. The maximum Gasteiger partial charge on any atom is 0.136 e. The number of hydrogen-bond donors (Lipinski definition) is 0. The molecular weight excluding hydrogens is 208 g/mol. The molecule has 17 heavy (non-hydrogen) atoms. The summed E-state index contributed by atoms with van der Waals surface area (Å²) in [6, 6.07) is 10.3. The van der Waals surface area contributed by atoms with Crippen molar-refractivity contribution in [1.82, 2.24) is 0 Å². The lowest BCUT2D eigenvalue weighted by Gasteiger charge is -2.25. The predicted octanol–water partition coefficient (Wildman–Crippen LogP) is 4.01. The quantitative estimate of drug-likeness (QED) is 0.763. The lowest BCUT2D eigenvalue weighted by Crippen LogP contribution is -2.21. The Hall–Kier alpha value is -1.11. The van der Waals surface area contributed by atoms with Gasteiger partial charge in [0.15, 0.2) is 0 Å². The van der Waals surface area contributed by atoms with Crippen LogP contribution in [0.2, 0.25) is 0 Å². The number of carbonyl (C=O) groups excluding carboxylic acids is 1. The Bertz CT molecular complexity index is 347. The van der Waals surface area contributed by atoms with Crippen molar-refractivity contribution in [2.75, 3.05) is 0 Å². The zero-order valence-corrected chi connectivity index (χ0v) is 10.7. The van der Waals surface area contributed by atoms with Gasteiger partial charge in [0.1, 0.15) is 5.78 Å². The summed E-state index contributed by atoms with van der Waals surface area (Å²) in [5.41, 5.74) is 1.28. The first-order chi connectivity index (χ1) is 8.25. The van der Waals surface area contributed by atoms with Gasteiger partial charge in [-0.05, 0) is 30.7 Å². The van der Waals surface area contributed by atoms with Gasteiger partial charge in [-0.3, -0.25) is 4.79 Å². The smallest absolute Gasteiger partial charge is 0.136 e. The minimum absolute atomic E-state index is 0.356. The molecule has 0 spiro atoms. The third-order valence-electron chi connectivity index (χ3n) is 3.97. The molecule has 0 atom stereocenters. The number of Topliss-reactive ketones (excluding diaryl/α,β-unsaturated/α-hetero) is 1. The molecule has 1 heteroatoms. The van der Waals surface area contributed by atoms with Gasteiger partial charge in [-0.1, -0.05) is 50.1 Å². The van der Waals surface area contributed by atoms with E-state index in [-0.39, 0.29) is 0 Å². The van der Waals surface area contributed by atoms with Crippen LogP contribution in [0.25, 0.3) is 0 Å². The third-order valence-corrected chi connectivity index (χ3v) is 3.97. The van der Waals surface area contributed by atoms with Gasteiger partial charge >= 0.3 is 0 Å². The van der Waals surface area contributed by atoms with Crippen LogP contribution >= 0.6 is 0 Å². The average Bonchev–Trinajstić information content (AvgIpc) is 2.38. The molecule has 1 aromatic rings. The molecule has 2 rings (SSSR count). The molecule has 92 valence electrons. The number of hydrogen-bond acceptors (Lipinski definition) is 1. The van der Waals surface area contributed by atoms with Gasteiger partial charge in [0, 0.05) is 12.3 Å². The molecule has 1 fully saturated rings. The van der Waals surface area contributed by atoms with E-state index in [1.807, 2.05) is 18.2 Å². The molecule has 0 radical (unpaired) electrons. The van der Waals surface area contributed by atoms with Crippen molar-refractivity contribution in [3.63, 3.8) is 0 Å². The first kappa shape index (κ1) is 12.3. The van der Waals surface area contributed by atoms with E-state index in [1.165, 1.54) is 18.4 Å². The van der Waals surface area contributed by atoms with E-state index in [0.717, 1.165) is 31.6 Å².